The number of ether oxygens (including phenoxy) is 4. The van der Waals surface area contributed by atoms with Crippen molar-refractivity contribution in [3.63, 3.8) is 0 Å². The van der Waals surface area contributed by atoms with E-state index >= 15 is 0 Å². The van der Waals surface area contributed by atoms with Crippen LogP contribution in [-0.4, -0.2) is 38.5 Å². The summed E-state index contributed by atoms with van der Waals surface area (Å²) in [5, 5.41) is 0. The maximum Gasteiger partial charge on any atom is 0.306 e. The van der Waals surface area contributed by atoms with E-state index in [0.717, 1.165) is 31.6 Å². The molecule has 1 unspecified atom stereocenters. The van der Waals surface area contributed by atoms with Gasteiger partial charge in [0.15, 0.2) is 11.5 Å². The lowest BCUT2D eigenvalue weighted by molar-refractivity contribution is -0.149. The lowest BCUT2D eigenvalue weighted by atomic mass is 10.1. The number of rotatable bonds is 9. The van der Waals surface area contributed by atoms with E-state index in [9.17, 15) is 4.79 Å². The quantitative estimate of drug-likeness (QED) is 0.515. The fourth-order valence-electron chi connectivity index (χ4n) is 2.44. The Morgan fingerprint density at radius 3 is 2.70 bits per heavy atom. The van der Waals surface area contributed by atoms with Crippen LogP contribution in [0.1, 0.15) is 39.0 Å². The molecule has 1 aromatic rings. The molecule has 1 saturated heterocycles. The van der Waals surface area contributed by atoms with Gasteiger partial charge in [0, 0.05) is 13.0 Å². The molecule has 2 rings (SSSR count). The minimum Gasteiger partial charge on any atom is -0.490 e. The Labute approximate surface area is 137 Å². The first-order valence-corrected chi connectivity index (χ1v) is 8.41. The lowest BCUT2D eigenvalue weighted by Gasteiger charge is -2.22. The largest absolute Gasteiger partial charge is 0.490 e. The Hall–Kier alpha value is -1.75. The smallest absolute Gasteiger partial charge is 0.306 e. The van der Waals surface area contributed by atoms with Crippen LogP contribution in [0.4, 0.5) is 0 Å². The maximum absolute atomic E-state index is 11.7. The molecule has 1 fully saturated rings. The molecule has 1 heterocycles. The molecule has 0 spiro atoms. The zero-order valence-electron chi connectivity index (χ0n) is 13.8. The molecule has 5 heteroatoms. The van der Waals surface area contributed by atoms with Crippen molar-refractivity contribution in [2.45, 2.75) is 45.1 Å². The monoisotopic (exact) mass is 322 g/mol. The summed E-state index contributed by atoms with van der Waals surface area (Å²) < 4.78 is 22.0. The number of hydrogen-bond acceptors (Lipinski definition) is 5. The molecule has 1 aromatic carbocycles. The molecule has 5 nitrogen and oxygen atoms in total. The maximum atomic E-state index is 11.7. The van der Waals surface area contributed by atoms with Crippen molar-refractivity contribution in [2.75, 3.05) is 26.4 Å². The van der Waals surface area contributed by atoms with Gasteiger partial charge in [-0.25, -0.2) is 0 Å². The highest BCUT2D eigenvalue weighted by atomic mass is 16.6. The molecule has 0 saturated carbocycles. The van der Waals surface area contributed by atoms with Crippen molar-refractivity contribution in [2.24, 2.45) is 0 Å². The second-order valence-corrected chi connectivity index (χ2v) is 5.50. The topological polar surface area (TPSA) is 54.0 Å². The molecule has 0 aromatic heterocycles. The van der Waals surface area contributed by atoms with E-state index < -0.39 is 0 Å². The van der Waals surface area contributed by atoms with Gasteiger partial charge in [0.2, 0.25) is 0 Å². The molecule has 1 aliphatic rings. The van der Waals surface area contributed by atoms with Gasteiger partial charge in [-0.1, -0.05) is 12.1 Å². The first-order valence-electron chi connectivity index (χ1n) is 8.41. The first-order chi connectivity index (χ1) is 11.3. The summed E-state index contributed by atoms with van der Waals surface area (Å²) in [5.41, 5.74) is 0. The van der Waals surface area contributed by atoms with Crippen molar-refractivity contribution >= 4 is 5.97 Å². The Balaban J connectivity index is 1.60. The van der Waals surface area contributed by atoms with E-state index in [2.05, 4.69) is 0 Å². The van der Waals surface area contributed by atoms with Crippen LogP contribution in [0.25, 0.3) is 0 Å². The van der Waals surface area contributed by atoms with Crippen molar-refractivity contribution in [3.05, 3.63) is 24.3 Å². The molecule has 0 N–H and O–H groups in total. The summed E-state index contributed by atoms with van der Waals surface area (Å²) in [5.74, 6) is 1.24. The minimum atomic E-state index is -0.194. The zero-order valence-corrected chi connectivity index (χ0v) is 13.8. The SMILES string of the molecule is CCOc1ccccc1OCCCC(=O)OCC1CCCCO1. The molecule has 1 atom stereocenters. The Morgan fingerprint density at radius 2 is 2.00 bits per heavy atom. The highest BCUT2D eigenvalue weighted by Crippen LogP contribution is 2.26. The van der Waals surface area contributed by atoms with Crippen LogP contribution in [0, 0.1) is 0 Å². The van der Waals surface area contributed by atoms with Crippen LogP contribution >= 0.6 is 0 Å². The average molecular weight is 322 g/mol. The summed E-state index contributed by atoms with van der Waals surface area (Å²) in [6.45, 7) is 4.13. The normalized spacial score (nSPS) is 17.5. The van der Waals surface area contributed by atoms with Crippen molar-refractivity contribution < 1.29 is 23.7 Å². The number of hydrogen-bond donors (Lipinski definition) is 0. The van der Waals surface area contributed by atoms with Gasteiger partial charge < -0.3 is 18.9 Å². The van der Waals surface area contributed by atoms with Gasteiger partial charge in [-0.15, -0.1) is 0 Å². The fraction of sp³-hybridized carbons (Fsp3) is 0.611. The number of para-hydroxylation sites is 2. The third kappa shape index (κ3) is 6.48. The average Bonchev–Trinajstić information content (AvgIpc) is 2.59. The van der Waals surface area contributed by atoms with Crippen LogP contribution in [0.2, 0.25) is 0 Å². The van der Waals surface area contributed by atoms with Gasteiger partial charge in [0.1, 0.15) is 6.61 Å². The predicted molar refractivity (Wildman–Crippen MR) is 86.9 cm³/mol. The molecule has 1 aliphatic heterocycles. The minimum absolute atomic E-state index is 0.0713. The Morgan fingerprint density at radius 1 is 1.22 bits per heavy atom. The van der Waals surface area contributed by atoms with E-state index in [0.29, 0.717) is 38.4 Å². The summed E-state index contributed by atoms with van der Waals surface area (Å²) >= 11 is 0. The van der Waals surface area contributed by atoms with Gasteiger partial charge in [0.25, 0.3) is 0 Å². The van der Waals surface area contributed by atoms with Crippen LogP contribution in [0.15, 0.2) is 24.3 Å². The molecular formula is C18H26O5. The van der Waals surface area contributed by atoms with Crippen LogP contribution in [0.5, 0.6) is 11.5 Å². The summed E-state index contributed by atoms with van der Waals surface area (Å²) in [6, 6.07) is 7.54. The van der Waals surface area contributed by atoms with E-state index in [1.165, 1.54) is 0 Å². The van der Waals surface area contributed by atoms with Gasteiger partial charge in [-0.2, -0.15) is 0 Å². The van der Waals surface area contributed by atoms with Crippen LogP contribution in [0.3, 0.4) is 0 Å². The molecule has 0 radical (unpaired) electrons. The third-order valence-corrected chi connectivity index (χ3v) is 3.64. The standard InChI is InChI=1S/C18H26O5/c1-2-20-16-9-3-4-10-17(16)22-13-7-11-18(19)23-14-15-8-5-6-12-21-15/h3-4,9-10,15H,2,5-8,11-14H2,1H3. The van der Waals surface area contributed by atoms with Gasteiger partial charge >= 0.3 is 5.97 Å². The van der Waals surface area contributed by atoms with E-state index in [4.69, 9.17) is 18.9 Å². The first kappa shape index (κ1) is 17.6. The van der Waals surface area contributed by atoms with E-state index in [1.807, 2.05) is 31.2 Å². The summed E-state index contributed by atoms with van der Waals surface area (Å²) in [6.07, 6.45) is 4.27. The molecule has 0 amide bonds. The molecule has 0 aliphatic carbocycles. The van der Waals surface area contributed by atoms with Crippen LogP contribution < -0.4 is 9.47 Å². The second-order valence-electron chi connectivity index (χ2n) is 5.50. The number of benzene rings is 1. The molecule has 128 valence electrons. The van der Waals surface area contributed by atoms with Crippen molar-refractivity contribution in [3.8, 4) is 11.5 Å². The summed E-state index contributed by atoms with van der Waals surface area (Å²) in [7, 11) is 0. The fourth-order valence-corrected chi connectivity index (χ4v) is 2.44. The Kier molecular flexibility index (Phi) is 7.73. The Bertz CT molecular complexity index is 468. The van der Waals surface area contributed by atoms with Crippen molar-refractivity contribution in [1.82, 2.24) is 0 Å². The van der Waals surface area contributed by atoms with Crippen LogP contribution in [-0.2, 0) is 14.3 Å². The van der Waals surface area contributed by atoms with E-state index in [1.54, 1.807) is 0 Å². The second kappa shape index (κ2) is 10.1. The van der Waals surface area contributed by atoms with Gasteiger partial charge in [0.05, 0.1) is 19.3 Å². The highest BCUT2D eigenvalue weighted by Gasteiger charge is 2.15. The predicted octanol–water partition coefficient (Wildman–Crippen LogP) is 3.36. The third-order valence-electron chi connectivity index (χ3n) is 3.64. The van der Waals surface area contributed by atoms with Gasteiger partial charge in [-0.3, -0.25) is 4.79 Å². The van der Waals surface area contributed by atoms with E-state index in [-0.39, 0.29) is 12.1 Å². The highest BCUT2D eigenvalue weighted by molar-refractivity contribution is 5.69. The molecular weight excluding hydrogens is 296 g/mol. The summed E-state index contributed by atoms with van der Waals surface area (Å²) in [4.78, 5) is 11.7. The number of carbonyl (C=O) groups excluding carboxylic acids is 1. The molecule has 23 heavy (non-hydrogen) atoms. The molecule has 0 bridgehead atoms. The number of carbonyl (C=O) groups is 1. The number of esters is 1. The zero-order chi connectivity index (χ0) is 16.3. The lowest BCUT2D eigenvalue weighted by Crippen LogP contribution is -2.26. The van der Waals surface area contributed by atoms with Crippen molar-refractivity contribution in [1.29, 1.82) is 0 Å². The van der Waals surface area contributed by atoms with Gasteiger partial charge in [-0.05, 0) is 44.7 Å².